The Kier molecular flexibility index (Phi) is 7.12. The van der Waals surface area contributed by atoms with E-state index in [2.05, 4.69) is 20.7 Å². The largest absolute Gasteiger partial charge is 0.469 e. The van der Waals surface area contributed by atoms with Crippen LogP contribution in [0.4, 0.5) is 20.6 Å². The van der Waals surface area contributed by atoms with Gasteiger partial charge in [-0.05, 0) is 37.6 Å². The molecule has 0 saturated carbocycles. The molecule has 11 heteroatoms. The minimum absolute atomic E-state index is 0.0965. The topological polar surface area (TPSA) is 130 Å². The summed E-state index contributed by atoms with van der Waals surface area (Å²) in [6.45, 7) is 2.04. The molecule has 0 bridgehead atoms. The summed E-state index contributed by atoms with van der Waals surface area (Å²) in [6, 6.07) is 4.67. The van der Waals surface area contributed by atoms with Crippen molar-refractivity contribution in [1.29, 1.82) is 0 Å². The van der Waals surface area contributed by atoms with Gasteiger partial charge < -0.3 is 20.4 Å². The quantitative estimate of drug-likeness (QED) is 0.493. The van der Waals surface area contributed by atoms with Crippen LogP contribution < -0.4 is 20.7 Å². The number of urea groups is 1. The molecule has 0 saturated heterocycles. The van der Waals surface area contributed by atoms with Crippen LogP contribution in [0.25, 0.3) is 0 Å². The average Bonchev–Trinajstić information content (AvgIpc) is 3.02. The number of hydrogen-bond acceptors (Lipinski definition) is 5. The van der Waals surface area contributed by atoms with Crippen molar-refractivity contribution in [2.45, 2.75) is 13.3 Å². The molecule has 0 aliphatic rings. The number of aryl methyl sites for hydroxylation is 1. The first kappa shape index (κ1) is 21.4. The Morgan fingerprint density at radius 1 is 1.14 bits per heavy atom. The van der Waals surface area contributed by atoms with Crippen LogP contribution in [0, 0.1) is 12.7 Å². The second-order valence-electron chi connectivity index (χ2n) is 5.94. The second kappa shape index (κ2) is 9.33. The molecular formula is C17H21FN4O5S. The minimum atomic E-state index is -3.27. The van der Waals surface area contributed by atoms with Gasteiger partial charge in [-0.1, -0.05) is 0 Å². The van der Waals surface area contributed by atoms with Crippen molar-refractivity contribution in [3.8, 4) is 0 Å². The summed E-state index contributed by atoms with van der Waals surface area (Å²) < 4.78 is 43.2. The molecule has 0 unspecified atom stereocenters. The van der Waals surface area contributed by atoms with E-state index in [-0.39, 0.29) is 30.0 Å². The fourth-order valence-electron chi connectivity index (χ4n) is 2.23. The van der Waals surface area contributed by atoms with Crippen LogP contribution in [0.3, 0.4) is 0 Å². The van der Waals surface area contributed by atoms with E-state index in [0.29, 0.717) is 12.2 Å². The summed E-state index contributed by atoms with van der Waals surface area (Å²) in [4.78, 5) is 24.0. The molecule has 4 N–H and O–H groups in total. The summed E-state index contributed by atoms with van der Waals surface area (Å²) in [7, 11) is -3.27. The number of hydrogen-bond donors (Lipinski definition) is 4. The van der Waals surface area contributed by atoms with Crippen LogP contribution in [0.5, 0.6) is 0 Å². The van der Waals surface area contributed by atoms with E-state index in [9.17, 15) is 22.4 Å². The van der Waals surface area contributed by atoms with Gasteiger partial charge in [0.1, 0.15) is 11.6 Å². The van der Waals surface area contributed by atoms with Crippen LogP contribution in [0.1, 0.15) is 22.5 Å². The van der Waals surface area contributed by atoms with E-state index in [1.54, 1.807) is 6.92 Å². The second-order valence-corrected chi connectivity index (χ2v) is 7.77. The van der Waals surface area contributed by atoms with Gasteiger partial charge in [0.05, 0.1) is 23.8 Å². The first-order valence-electron chi connectivity index (χ1n) is 8.30. The molecule has 28 heavy (non-hydrogen) atoms. The van der Waals surface area contributed by atoms with Crippen LogP contribution in [-0.4, -0.2) is 39.7 Å². The monoisotopic (exact) mass is 412 g/mol. The van der Waals surface area contributed by atoms with E-state index >= 15 is 0 Å². The van der Waals surface area contributed by atoms with Gasteiger partial charge in [-0.15, -0.1) is 0 Å². The highest BCUT2D eigenvalue weighted by atomic mass is 32.2. The highest BCUT2D eigenvalue weighted by Gasteiger charge is 2.14. The van der Waals surface area contributed by atoms with Crippen molar-refractivity contribution in [1.82, 2.24) is 10.0 Å². The smallest absolute Gasteiger partial charge is 0.319 e. The number of benzene rings is 1. The predicted octanol–water partition coefficient (Wildman–Crippen LogP) is 2.04. The molecule has 0 fully saturated rings. The number of sulfonamides is 1. The zero-order valence-corrected chi connectivity index (χ0v) is 16.2. The highest BCUT2D eigenvalue weighted by molar-refractivity contribution is 7.88. The Bertz CT molecular complexity index is 958. The van der Waals surface area contributed by atoms with E-state index < -0.39 is 27.8 Å². The normalized spacial score (nSPS) is 11.1. The molecule has 0 atom stereocenters. The minimum Gasteiger partial charge on any atom is -0.469 e. The molecule has 2 aromatic rings. The standard InChI is InChI=1S/C17H21FN4O5S/c1-11-13(6-9-27-11)16(23)22-15-10-12(4-5-14(15)18)21-17(24)19-7-3-8-20-28(2,25)26/h4-6,9-10,20H,3,7-8H2,1-2H3,(H,22,23)(H2,19,21,24). The molecule has 9 nitrogen and oxygen atoms in total. The maximum atomic E-state index is 14.0. The Morgan fingerprint density at radius 3 is 2.54 bits per heavy atom. The average molecular weight is 412 g/mol. The van der Waals surface area contributed by atoms with E-state index in [1.165, 1.54) is 24.5 Å². The number of furan rings is 1. The van der Waals surface area contributed by atoms with Crippen LogP contribution >= 0.6 is 0 Å². The Balaban J connectivity index is 1.89. The Hall–Kier alpha value is -2.92. The van der Waals surface area contributed by atoms with E-state index in [0.717, 1.165) is 12.3 Å². The first-order chi connectivity index (χ1) is 13.2. The number of rotatable bonds is 8. The zero-order chi connectivity index (χ0) is 20.7. The van der Waals surface area contributed by atoms with Crippen LogP contribution in [-0.2, 0) is 10.0 Å². The van der Waals surface area contributed by atoms with Gasteiger partial charge >= 0.3 is 6.03 Å². The SMILES string of the molecule is Cc1occc1C(=O)Nc1cc(NC(=O)NCCCNS(C)(=O)=O)ccc1F. The summed E-state index contributed by atoms with van der Waals surface area (Å²) in [6.07, 6.45) is 2.80. The zero-order valence-electron chi connectivity index (χ0n) is 15.3. The number of nitrogens with one attached hydrogen (secondary N) is 4. The van der Waals surface area contributed by atoms with Gasteiger partial charge in [-0.2, -0.15) is 0 Å². The van der Waals surface area contributed by atoms with Gasteiger partial charge in [0.2, 0.25) is 10.0 Å². The number of halogens is 1. The summed E-state index contributed by atoms with van der Waals surface area (Å²) >= 11 is 0. The third-order valence-electron chi connectivity index (χ3n) is 3.58. The van der Waals surface area contributed by atoms with Crippen molar-refractivity contribution < 1.29 is 26.8 Å². The molecule has 152 valence electrons. The van der Waals surface area contributed by atoms with Crippen molar-refractivity contribution in [3.05, 3.63) is 47.7 Å². The lowest BCUT2D eigenvalue weighted by Crippen LogP contribution is -2.32. The van der Waals surface area contributed by atoms with E-state index in [4.69, 9.17) is 4.42 Å². The predicted molar refractivity (Wildman–Crippen MR) is 102 cm³/mol. The van der Waals surface area contributed by atoms with Crippen molar-refractivity contribution in [2.24, 2.45) is 0 Å². The van der Waals surface area contributed by atoms with Gasteiger partial charge in [-0.3, -0.25) is 4.79 Å². The number of amides is 3. The van der Waals surface area contributed by atoms with Crippen LogP contribution in [0.2, 0.25) is 0 Å². The lowest BCUT2D eigenvalue weighted by atomic mass is 10.2. The van der Waals surface area contributed by atoms with Crippen molar-refractivity contribution in [3.63, 3.8) is 0 Å². The van der Waals surface area contributed by atoms with Gasteiger partial charge in [0, 0.05) is 18.8 Å². The third-order valence-corrected chi connectivity index (χ3v) is 4.31. The van der Waals surface area contributed by atoms with Gasteiger partial charge in [0.25, 0.3) is 5.91 Å². The number of carbonyl (C=O) groups excluding carboxylic acids is 2. The van der Waals surface area contributed by atoms with Crippen molar-refractivity contribution >= 4 is 33.3 Å². The lowest BCUT2D eigenvalue weighted by molar-refractivity contribution is 0.102. The molecule has 0 aliphatic heterocycles. The molecule has 1 aromatic carbocycles. The molecule has 3 amide bonds. The summed E-state index contributed by atoms with van der Waals surface area (Å²) in [5, 5.41) is 7.48. The Labute approximate surface area is 161 Å². The Morgan fingerprint density at radius 2 is 1.89 bits per heavy atom. The van der Waals surface area contributed by atoms with Gasteiger partial charge in [0.15, 0.2) is 0 Å². The van der Waals surface area contributed by atoms with Crippen molar-refractivity contribution in [2.75, 3.05) is 30.0 Å². The third kappa shape index (κ3) is 6.67. The molecule has 0 radical (unpaired) electrons. The molecular weight excluding hydrogens is 391 g/mol. The fraction of sp³-hybridized carbons (Fsp3) is 0.294. The molecule has 2 rings (SSSR count). The highest BCUT2D eigenvalue weighted by Crippen LogP contribution is 2.21. The summed E-state index contributed by atoms with van der Waals surface area (Å²) in [5.74, 6) is -0.797. The molecule has 1 heterocycles. The fourth-order valence-corrected chi connectivity index (χ4v) is 2.75. The molecule has 0 aliphatic carbocycles. The lowest BCUT2D eigenvalue weighted by Gasteiger charge is -2.11. The molecule has 0 spiro atoms. The number of carbonyl (C=O) groups is 2. The number of anilines is 2. The van der Waals surface area contributed by atoms with E-state index in [1.807, 2.05) is 0 Å². The van der Waals surface area contributed by atoms with Gasteiger partial charge in [-0.25, -0.2) is 22.3 Å². The first-order valence-corrected chi connectivity index (χ1v) is 10.2. The summed E-state index contributed by atoms with van der Waals surface area (Å²) in [5.41, 5.74) is 0.450. The van der Waals surface area contributed by atoms with Crippen LogP contribution in [0.15, 0.2) is 34.9 Å². The maximum absolute atomic E-state index is 14.0. The maximum Gasteiger partial charge on any atom is 0.319 e. The molecule has 1 aromatic heterocycles.